The molecule has 0 spiro atoms. The van der Waals surface area contributed by atoms with Crippen LogP contribution in [0.4, 0.5) is 5.95 Å². The Morgan fingerprint density at radius 2 is 1.90 bits per heavy atom. The highest BCUT2D eigenvalue weighted by atomic mass is 16.5. The SMILES string of the molecule is COc1ccc(-c2cnc(N)nc2[C@H]2CCCN(C(=O)c3ccccc3)C2)cc1. The van der Waals surface area contributed by atoms with Crippen LogP contribution in [0.1, 0.15) is 34.8 Å². The first-order valence-electron chi connectivity index (χ1n) is 9.77. The van der Waals surface area contributed by atoms with Crippen molar-refractivity contribution < 1.29 is 9.53 Å². The molecule has 0 radical (unpaired) electrons. The van der Waals surface area contributed by atoms with E-state index in [1.54, 1.807) is 13.3 Å². The number of nitrogen functional groups attached to an aromatic ring is 1. The van der Waals surface area contributed by atoms with Crippen LogP contribution in [0.25, 0.3) is 11.1 Å². The zero-order chi connectivity index (χ0) is 20.2. The number of aromatic nitrogens is 2. The van der Waals surface area contributed by atoms with Gasteiger partial charge in [0.05, 0.1) is 12.8 Å². The number of nitrogens with two attached hydrogens (primary N) is 1. The van der Waals surface area contributed by atoms with Gasteiger partial charge >= 0.3 is 0 Å². The van der Waals surface area contributed by atoms with E-state index in [4.69, 9.17) is 10.5 Å². The minimum absolute atomic E-state index is 0.0586. The molecule has 1 aliphatic rings. The summed E-state index contributed by atoms with van der Waals surface area (Å²) in [6.07, 6.45) is 3.66. The van der Waals surface area contributed by atoms with E-state index >= 15 is 0 Å². The van der Waals surface area contributed by atoms with Crippen molar-refractivity contribution in [1.82, 2.24) is 14.9 Å². The molecule has 1 aliphatic heterocycles. The minimum Gasteiger partial charge on any atom is -0.497 e. The lowest BCUT2D eigenvalue weighted by Gasteiger charge is -2.33. The van der Waals surface area contributed by atoms with Crippen LogP contribution in [0.15, 0.2) is 60.8 Å². The van der Waals surface area contributed by atoms with Gasteiger partial charge in [-0.3, -0.25) is 4.79 Å². The quantitative estimate of drug-likeness (QED) is 0.736. The van der Waals surface area contributed by atoms with Crippen LogP contribution in [0, 0.1) is 0 Å². The molecule has 1 fully saturated rings. The molecule has 0 bridgehead atoms. The number of ether oxygens (including phenoxy) is 1. The fourth-order valence-corrected chi connectivity index (χ4v) is 3.86. The molecule has 2 N–H and O–H groups in total. The van der Waals surface area contributed by atoms with Crippen molar-refractivity contribution in [2.75, 3.05) is 25.9 Å². The van der Waals surface area contributed by atoms with Crippen molar-refractivity contribution in [3.05, 3.63) is 72.1 Å². The van der Waals surface area contributed by atoms with E-state index in [0.29, 0.717) is 12.1 Å². The highest BCUT2D eigenvalue weighted by molar-refractivity contribution is 5.94. The van der Waals surface area contributed by atoms with Crippen LogP contribution in [-0.4, -0.2) is 41.0 Å². The molecule has 0 unspecified atom stereocenters. The van der Waals surface area contributed by atoms with Crippen molar-refractivity contribution in [2.45, 2.75) is 18.8 Å². The molecule has 2 aromatic carbocycles. The molecule has 1 atom stereocenters. The number of amides is 1. The second-order valence-electron chi connectivity index (χ2n) is 7.21. The average Bonchev–Trinajstić information content (AvgIpc) is 2.79. The summed E-state index contributed by atoms with van der Waals surface area (Å²) in [7, 11) is 1.65. The Hall–Kier alpha value is -3.41. The summed E-state index contributed by atoms with van der Waals surface area (Å²) in [5.41, 5.74) is 9.48. The third-order valence-electron chi connectivity index (χ3n) is 5.35. The number of benzene rings is 2. The summed E-state index contributed by atoms with van der Waals surface area (Å²) in [5, 5.41) is 0. The summed E-state index contributed by atoms with van der Waals surface area (Å²) in [6.45, 7) is 1.37. The number of carbonyl (C=O) groups excluding carboxylic acids is 1. The Balaban J connectivity index is 1.63. The van der Waals surface area contributed by atoms with Gasteiger partial charge in [-0.2, -0.15) is 0 Å². The van der Waals surface area contributed by atoms with E-state index in [2.05, 4.69) is 9.97 Å². The van der Waals surface area contributed by atoms with Gasteiger partial charge in [0.1, 0.15) is 5.75 Å². The van der Waals surface area contributed by atoms with Crippen molar-refractivity contribution in [1.29, 1.82) is 0 Å². The molecule has 6 nitrogen and oxygen atoms in total. The second-order valence-corrected chi connectivity index (χ2v) is 7.21. The molecular formula is C23H24N4O2. The van der Waals surface area contributed by atoms with E-state index in [1.807, 2.05) is 59.5 Å². The lowest BCUT2D eigenvalue weighted by molar-refractivity contribution is 0.0706. The third-order valence-corrected chi connectivity index (χ3v) is 5.35. The molecule has 6 heteroatoms. The van der Waals surface area contributed by atoms with E-state index in [-0.39, 0.29) is 17.8 Å². The first kappa shape index (κ1) is 18.9. The zero-order valence-corrected chi connectivity index (χ0v) is 16.4. The lowest BCUT2D eigenvalue weighted by atomic mass is 9.89. The number of hydrogen-bond donors (Lipinski definition) is 1. The van der Waals surface area contributed by atoms with Crippen LogP contribution < -0.4 is 10.5 Å². The van der Waals surface area contributed by atoms with Crippen LogP contribution in [0.3, 0.4) is 0 Å². The Kier molecular flexibility index (Phi) is 5.42. The number of anilines is 1. The molecule has 4 rings (SSSR count). The summed E-state index contributed by atoms with van der Waals surface area (Å²) >= 11 is 0. The maximum atomic E-state index is 12.9. The fourth-order valence-electron chi connectivity index (χ4n) is 3.86. The number of hydrogen-bond acceptors (Lipinski definition) is 5. The van der Waals surface area contributed by atoms with Crippen LogP contribution in [0.5, 0.6) is 5.75 Å². The monoisotopic (exact) mass is 388 g/mol. The fraction of sp³-hybridized carbons (Fsp3) is 0.261. The smallest absolute Gasteiger partial charge is 0.253 e. The number of likely N-dealkylation sites (tertiary alicyclic amines) is 1. The number of nitrogens with zero attached hydrogens (tertiary/aromatic N) is 3. The summed E-state index contributed by atoms with van der Waals surface area (Å²) in [6, 6.07) is 17.2. The highest BCUT2D eigenvalue weighted by Crippen LogP contribution is 2.34. The summed E-state index contributed by atoms with van der Waals surface area (Å²) in [4.78, 5) is 23.6. The second kappa shape index (κ2) is 8.31. The third kappa shape index (κ3) is 4.06. The number of rotatable bonds is 4. The number of methoxy groups -OCH3 is 1. The van der Waals surface area contributed by atoms with Crippen LogP contribution in [0.2, 0.25) is 0 Å². The van der Waals surface area contributed by atoms with E-state index < -0.39 is 0 Å². The molecule has 3 aromatic rings. The first-order chi connectivity index (χ1) is 14.2. The lowest BCUT2D eigenvalue weighted by Crippen LogP contribution is -2.39. The number of piperidine rings is 1. The first-order valence-corrected chi connectivity index (χ1v) is 9.77. The van der Waals surface area contributed by atoms with Gasteiger partial charge in [0.15, 0.2) is 0 Å². The van der Waals surface area contributed by atoms with Gasteiger partial charge in [0, 0.05) is 36.3 Å². The van der Waals surface area contributed by atoms with Gasteiger partial charge in [-0.1, -0.05) is 30.3 Å². The summed E-state index contributed by atoms with van der Waals surface area (Å²) in [5.74, 6) is 1.22. The van der Waals surface area contributed by atoms with Crippen molar-refractivity contribution in [2.24, 2.45) is 0 Å². The van der Waals surface area contributed by atoms with E-state index in [1.165, 1.54) is 0 Å². The molecule has 29 heavy (non-hydrogen) atoms. The predicted molar refractivity (Wildman–Crippen MR) is 113 cm³/mol. The molecule has 0 saturated carbocycles. The molecular weight excluding hydrogens is 364 g/mol. The van der Waals surface area contributed by atoms with Crippen molar-refractivity contribution >= 4 is 11.9 Å². The van der Waals surface area contributed by atoms with Gasteiger partial charge in [-0.25, -0.2) is 9.97 Å². The number of carbonyl (C=O) groups is 1. The average molecular weight is 388 g/mol. The Labute approximate surface area is 170 Å². The van der Waals surface area contributed by atoms with Gasteiger partial charge in [0.25, 0.3) is 5.91 Å². The Morgan fingerprint density at radius 3 is 2.62 bits per heavy atom. The predicted octanol–water partition coefficient (Wildman–Crippen LogP) is 3.75. The minimum atomic E-state index is 0.0586. The van der Waals surface area contributed by atoms with Gasteiger partial charge < -0.3 is 15.4 Å². The van der Waals surface area contributed by atoms with Crippen molar-refractivity contribution in [3.63, 3.8) is 0 Å². The largest absolute Gasteiger partial charge is 0.497 e. The van der Waals surface area contributed by atoms with Crippen LogP contribution >= 0.6 is 0 Å². The molecule has 1 amide bonds. The zero-order valence-electron chi connectivity index (χ0n) is 16.4. The normalized spacial score (nSPS) is 16.4. The molecule has 0 aliphatic carbocycles. The topological polar surface area (TPSA) is 81.3 Å². The van der Waals surface area contributed by atoms with Gasteiger partial charge in [-0.05, 0) is 42.7 Å². The van der Waals surface area contributed by atoms with Crippen LogP contribution in [-0.2, 0) is 0 Å². The molecule has 1 aromatic heterocycles. The highest BCUT2D eigenvalue weighted by Gasteiger charge is 2.28. The van der Waals surface area contributed by atoms with Crippen molar-refractivity contribution in [3.8, 4) is 16.9 Å². The van der Waals surface area contributed by atoms with E-state index in [9.17, 15) is 4.79 Å². The molecule has 148 valence electrons. The van der Waals surface area contributed by atoms with Gasteiger partial charge in [-0.15, -0.1) is 0 Å². The summed E-state index contributed by atoms with van der Waals surface area (Å²) < 4.78 is 5.26. The Morgan fingerprint density at radius 1 is 1.14 bits per heavy atom. The molecule has 2 heterocycles. The standard InChI is InChI=1S/C23H24N4O2/c1-29-19-11-9-16(10-12-19)20-14-25-23(24)26-21(20)18-8-5-13-27(15-18)22(28)17-6-3-2-4-7-17/h2-4,6-7,9-12,14,18H,5,8,13,15H2,1H3,(H2,24,25,26)/t18-/m0/s1. The Bertz CT molecular complexity index is 990. The van der Waals surface area contributed by atoms with Gasteiger partial charge in [0.2, 0.25) is 5.95 Å². The molecule has 1 saturated heterocycles. The van der Waals surface area contributed by atoms with E-state index in [0.717, 1.165) is 42.0 Å². The maximum absolute atomic E-state index is 12.9. The maximum Gasteiger partial charge on any atom is 0.253 e.